The molecule has 0 radical (unpaired) electrons. The minimum absolute atomic E-state index is 0.240. The summed E-state index contributed by atoms with van der Waals surface area (Å²) in [4.78, 5) is 13.9. The Morgan fingerprint density at radius 2 is 1.71 bits per heavy atom. The molecule has 3 heteroatoms. The molecule has 1 amide bonds. The molecule has 0 saturated carbocycles. The van der Waals surface area contributed by atoms with Gasteiger partial charge in [0.1, 0.15) is 0 Å². The van der Waals surface area contributed by atoms with E-state index >= 15 is 0 Å². The molecule has 1 rings (SSSR count). The lowest BCUT2D eigenvalue weighted by molar-refractivity contribution is -0.130. The summed E-state index contributed by atoms with van der Waals surface area (Å²) in [6.45, 7) is 10.7. The molecule has 1 atom stereocenters. The van der Waals surface area contributed by atoms with Crippen LogP contribution in [0.1, 0.15) is 57.7 Å². The third kappa shape index (κ3) is 5.50. The fourth-order valence-corrected chi connectivity index (χ4v) is 2.57. The molecule has 0 aliphatic rings. The van der Waals surface area contributed by atoms with Gasteiger partial charge in [-0.3, -0.25) is 4.79 Å². The Kier molecular flexibility index (Phi) is 8.06. The van der Waals surface area contributed by atoms with Crippen LogP contribution in [-0.2, 0) is 11.2 Å². The van der Waals surface area contributed by atoms with Crippen LogP contribution in [0.4, 0.5) is 0 Å². The third-order valence-electron chi connectivity index (χ3n) is 4.04. The second-order valence-corrected chi connectivity index (χ2v) is 5.33. The van der Waals surface area contributed by atoms with Crippen LogP contribution in [0.3, 0.4) is 0 Å². The maximum absolute atomic E-state index is 12.0. The molecular weight excluding hydrogens is 260 g/mol. The maximum atomic E-state index is 12.0. The monoisotopic (exact) mass is 290 g/mol. The molecule has 3 nitrogen and oxygen atoms in total. The van der Waals surface area contributed by atoms with E-state index in [1.54, 1.807) is 0 Å². The number of nitrogens with one attached hydrogen (secondary N) is 1. The summed E-state index contributed by atoms with van der Waals surface area (Å²) in [6, 6.07) is 9.13. The Hall–Kier alpha value is -1.35. The van der Waals surface area contributed by atoms with Gasteiger partial charge < -0.3 is 10.2 Å². The quantitative estimate of drug-likeness (QED) is 0.754. The van der Waals surface area contributed by atoms with E-state index in [2.05, 4.69) is 43.4 Å². The second kappa shape index (κ2) is 9.56. The van der Waals surface area contributed by atoms with Gasteiger partial charge in [-0.05, 0) is 37.8 Å². The number of carbonyl (C=O) groups is 1. The maximum Gasteiger partial charge on any atom is 0.223 e. The molecule has 0 spiro atoms. The molecule has 118 valence electrons. The van der Waals surface area contributed by atoms with Crippen LogP contribution in [0, 0.1) is 0 Å². The van der Waals surface area contributed by atoms with Gasteiger partial charge in [0.15, 0.2) is 0 Å². The summed E-state index contributed by atoms with van der Waals surface area (Å²) >= 11 is 0. The first-order valence-corrected chi connectivity index (χ1v) is 8.26. The minimum Gasteiger partial charge on any atom is -0.343 e. The van der Waals surface area contributed by atoms with Crippen LogP contribution in [-0.4, -0.2) is 30.4 Å². The van der Waals surface area contributed by atoms with Crippen molar-refractivity contribution in [1.29, 1.82) is 0 Å². The number of rotatable bonds is 9. The zero-order chi connectivity index (χ0) is 15.7. The van der Waals surface area contributed by atoms with Gasteiger partial charge in [0.25, 0.3) is 0 Å². The van der Waals surface area contributed by atoms with Crippen molar-refractivity contribution in [2.24, 2.45) is 0 Å². The highest BCUT2D eigenvalue weighted by molar-refractivity contribution is 5.76. The molecule has 0 aromatic heterocycles. The van der Waals surface area contributed by atoms with Crippen molar-refractivity contribution < 1.29 is 4.79 Å². The molecule has 21 heavy (non-hydrogen) atoms. The number of hydrogen-bond acceptors (Lipinski definition) is 2. The van der Waals surface area contributed by atoms with Crippen molar-refractivity contribution in [1.82, 2.24) is 10.2 Å². The Labute approximate surface area is 129 Å². The summed E-state index contributed by atoms with van der Waals surface area (Å²) in [5, 5.41) is 3.51. The molecule has 1 aromatic rings. The first kappa shape index (κ1) is 17.7. The predicted molar refractivity (Wildman–Crippen MR) is 89.4 cm³/mol. The van der Waals surface area contributed by atoms with Crippen LogP contribution >= 0.6 is 0 Å². The standard InChI is InChI=1S/C18H30N2O/c1-5-15-9-11-16(12-10-15)17(6-2)19-14-13-18(21)20(7-3)8-4/h9-12,17,19H,5-8,13-14H2,1-4H3. The van der Waals surface area contributed by atoms with E-state index in [4.69, 9.17) is 0 Å². The van der Waals surface area contributed by atoms with Gasteiger partial charge in [-0.25, -0.2) is 0 Å². The smallest absolute Gasteiger partial charge is 0.223 e. The van der Waals surface area contributed by atoms with E-state index in [0.717, 1.165) is 32.5 Å². The van der Waals surface area contributed by atoms with Crippen molar-refractivity contribution in [3.63, 3.8) is 0 Å². The Bertz CT molecular complexity index is 410. The second-order valence-electron chi connectivity index (χ2n) is 5.33. The molecule has 1 N–H and O–H groups in total. The number of benzene rings is 1. The fraction of sp³-hybridized carbons (Fsp3) is 0.611. The molecule has 0 heterocycles. The molecule has 0 fully saturated rings. The topological polar surface area (TPSA) is 32.3 Å². The van der Waals surface area contributed by atoms with Crippen LogP contribution in [0.25, 0.3) is 0 Å². The molecule has 0 aliphatic carbocycles. The van der Waals surface area contributed by atoms with Gasteiger partial charge in [-0.15, -0.1) is 0 Å². The number of carbonyl (C=O) groups excluding carboxylic acids is 1. The first-order valence-electron chi connectivity index (χ1n) is 8.26. The zero-order valence-electron chi connectivity index (χ0n) is 14.0. The molecule has 0 aliphatic heterocycles. The lowest BCUT2D eigenvalue weighted by atomic mass is 10.0. The van der Waals surface area contributed by atoms with Gasteiger partial charge in [0.2, 0.25) is 5.91 Å². The Morgan fingerprint density at radius 3 is 2.19 bits per heavy atom. The zero-order valence-corrected chi connectivity index (χ0v) is 14.0. The van der Waals surface area contributed by atoms with Crippen molar-refractivity contribution in [3.8, 4) is 0 Å². The highest BCUT2D eigenvalue weighted by Crippen LogP contribution is 2.17. The number of amides is 1. The highest BCUT2D eigenvalue weighted by Gasteiger charge is 2.12. The van der Waals surface area contributed by atoms with Gasteiger partial charge in [-0.1, -0.05) is 38.1 Å². The van der Waals surface area contributed by atoms with Crippen LogP contribution in [0.2, 0.25) is 0 Å². The third-order valence-corrected chi connectivity index (χ3v) is 4.04. The number of aryl methyl sites for hydroxylation is 1. The van der Waals surface area contributed by atoms with Crippen molar-refractivity contribution in [2.45, 2.75) is 53.0 Å². The summed E-state index contributed by atoms with van der Waals surface area (Å²) in [7, 11) is 0. The Balaban J connectivity index is 2.48. The van der Waals surface area contributed by atoms with Gasteiger partial charge in [-0.2, -0.15) is 0 Å². The van der Waals surface area contributed by atoms with Crippen molar-refractivity contribution in [2.75, 3.05) is 19.6 Å². The average Bonchev–Trinajstić information content (AvgIpc) is 2.53. The predicted octanol–water partition coefficient (Wildman–Crippen LogP) is 3.55. The summed E-state index contributed by atoms with van der Waals surface area (Å²) in [5.74, 6) is 0.240. The van der Waals surface area contributed by atoms with Crippen LogP contribution in [0.15, 0.2) is 24.3 Å². The van der Waals surface area contributed by atoms with E-state index in [9.17, 15) is 4.79 Å². The average molecular weight is 290 g/mol. The van der Waals surface area contributed by atoms with E-state index in [1.165, 1.54) is 11.1 Å². The van der Waals surface area contributed by atoms with Crippen LogP contribution < -0.4 is 5.32 Å². The summed E-state index contributed by atoms with van der Waals surface area (Å²) < 4.78 is 0. The SMILES string of the molecule is CCc1ccc(C(CC)NCCC(=O)N(CC)CC)cc1. The number of nitrogens with zero attached hydrogens (tertiary/aromatic N) is 1. The van der Waals surface area contributed by atoms with E-state index in [1.807, 2.05) is 18.7 Å². The molecular formula is C18H30N2O. The van der Waals surface area contributed by atoms with Crippen LogP contribution in [0.5, 0.6) is 0 Å². The van der Waals surface area contributed by atoms with Crippen molar-refractivity contribution in [3.05, 3.63) is 35.4 Å². The Morgan fingerprint density at radius 1 is 1.10 bits per heavy atom. The summed E-state index contributed by atoms with van der Waals surface area (Å²) in [6.07, 6.45) is 2.68. The minimum atomic E-state index is 0.240. The summed E-state index contributed by atoms with van der Waals surface area (Å²) in [5.41, 5.74) is 2.68. The lowest BCUT2D eigenvalue weighted by Gasteiger charge is -2.21. The molecule has 0 bridgehead atoms. The lowest BCUT2D eigenvalue weighted by Crippen LogP contribution is -2.33. The highest BCUT2D eigenvalue weighted by atomic mass is 16.2. The first-order chi connectivity index (χ1) is 10.2. The van der Waals surface area contributed by atoms with Gasteiger partial charge >= 0.3 is 0 Å². The molecule has 1 unspecified atom stereocenters. The largest absolute Gasteiger partial charge is 0.343 e. The van der Waals surface area contributed by atoms with Gasteiger partial charge in [0, 0.05) is 32.1 Å². The van der Waals surface area contributed by atoms with E-state index in [-0.39, 0.29) is 5.91 Å². The fourth-order valence-electron chi connectivity index (χ4n) is 2.57. The number of hydrogen-bond donors (Lipinski definition) is 1. The van der Waals surface area contributed by atoms with E-state index < -0.39 is 0 Å². The normalized spacial score (nSPS) is 12.2. The van der Waals surface area contributed by atoms with Crippen molar-refractivity contribution >= 4 is 5.91 Å². The molecule has 1 aromatic carbocycles. The van der Waals surface area contributed by atoms with Gasteiger partial charge in [0.05, 0.1) is 0 Å². The molecule has 0 saturated heterocycles. The van der Waals surface area contributed by atoms with E-state index in [0.29, 0.717) is 12.5 Å².